The number of rotatable bonds is 5. The number of carbonyl (C=O) groups excluding carboxylic acids is 2. The van der Waals surface area contributed by atoms with Gasteiger partial charge in [-0.15, -0.1) is 0 Å². The van der Waals surface area contributed by atoms with Gasteiger partial charge in [-0.3, -0.25) is 9.59 Å². The van der Waals surface area contributed by atoms with Crippen LogP contribution >= 0.6 is 0 Å². The van der Waals surface area contributed by atoms with E-state index in [0.29, 0.717) is 18.8 Å². The summed E-state index contributed by atoms with van der Waals surface area (Å²) in [6.45, 7) is 6.22. The second-order valence-corrected chi connectivity index (χ2v) is 7.14. The number of amides is 2. The molecule has 1 fully saturated rings. The molecule has 0 aliphatic heterocycles. The Morgan fingerprint density at radius 2 is 1.52 bits per heavy atom. The number of hydrogen-bond donors (Lipinski definition) is 2. The van der Waals surface area contributed by atoms with Crippen molar-refractivity contribution in [1.82, 2.24) is 0 Å². The molecule has 1 saturated carbocycles. The molecule has 1 aliphatic carbocycles. The Bertz CT molecular complexity index is 790. The van der Waals surface area contributed by atoms with Crippen molar-refractivity contribution in [3.63, 3.8) is 0 Å². The highest BCUT2D eigenvalue weighted by molar-refractivity contribution is 6.16. The number of aryl methyl sites for hydroxylation is 1. The molecular weight excluding hydrogens is 312 g/mol. The molecule has 2 N–H and O–H groups in total. The van der Waals surface area contributed by atoms with Crippen LogP contribution in [0.25, 0.3) is 0 Å². The average Bonchev–Trinajstić information content (AvgIpc) is 3.37. The van der Waals surface area contributed by atoms with E-state index in [4.69, 9.17) is 0 Å². The van der Waals surface area contributed by atoms with Crippen LogP contribution in [0.5, 0.6) is 0 Å². The van der Waals surface area contributed by atoms with Crippen molar-refractivity contribution < 1.29 is 9.59 Å². The van der Waals surface area contributed by atoms with Crippen molar-refractivity contribution >= 4 is 23.2 Å². The number of carbonyl (C=O) groups is 2. The molecule has 3 rings (SSSR count). The molecule has 0 radical (unpaired) electrons. The largest absolute Gasteiger partial charge is 0.325 e. The van der Waals surface area contributed by atoms with Crippen molar-refractivity contribution in [3.05, 3.63) is 59.7 Å². The zero-order valence-electron chi connectivity index (χ0n) is 14.9. The molecule has 0 saturated heterocycles. The molecule has 2 aromatic carbocycles. The molecule has 25 heavy (non-hydrogen) atoms. The highest BCUT2D eigenvalue weighted by atomic mass is 16.2. The highest BCUT2D eigenvalue weighted by Gasteiger charge is 2.56. The van der Waals surface area contributed by atoms with Crippen LogP contribution in [-0.4, -0.2) is 11.8 Å². The Morgan fingerprint density at radius 1 is 0.920 bits per heavy atom. The molecule has 0 atom stereocenters. The van der Waals surface area contributed by atoms with E-state index in [1.807, 2.05) is 55.5 Å². The van der Waals surface area contributed by atoms with Crippen molar-refractivity contribution in [2.45, 2.75) is 39.5 Å². The first-order chi connectivity index (χ1) is 11.9. The minimum Gasteiger partial charge on any atom is -0.325 e. The van der Waals surface area contributed by atoms with Gasteiger partial charge in [0.05, 0.1) is 0 Å². The van der Waals surface area contributed by atoms with Gasteiger partial charge in [-0.25, -0.2) is 0 Å². The smallest absolute Gasteiger partial charge is 0.240 e. The van der Waals surface area contributed by atoms with E-state index in [9.17, 15) is 9.59 Å². The molecule has 4 heteroatoms. The Labute approximate surface area is 148 Å². The van der Waals surface area contributed by atoms with Crippen molar-refractivity contribution in [2.24, 2.45) is 5.41 Å². The van der Waals surface area contributed by atoms with Gasteiger partial charge in [-0.05, 0) is 61.1 Å². The maximum absolute atomic E-state index is 12.6. The minimum absolute atomic E-state index is 0.227. The molecule has 0 unspecified atom stereocenters. The quantitative estimate of drug-likeness (QED) is 0.791. The third-order valence-electron chi connectivity index (χ3n) is 4.73. The van der Waals surface area contributed by atoms with Crippen molar-refractivity contribution in [3.8, 4) is 0 Å². The van der Waals surface area contributed by atoms with E-state index in [2.05, 4.69) is 24.5 Å². The monoisotopic (exact) mass is 336 g/mol. The minimum atomic E-state index is -0.944. The Hall–Kier alpha value is -2.62. The molecule has 0 aromatic heterocycles. The molecule has 130 valence electrons. The predicted molar refractivity (Wildman–Crippen MR) is 101 cm³/mol. The summed E-state index contributed by atoms with van der Waals surface area (Å²) in [5.41, 5.74) is 2.79. The third-order valence-corrected chi connectivity index (χ3v) is 4.73. The van der Waals surface area contributed by atoms with Crippen molar-refractivity contribution in [2.75, 3.05) is 10.6 Å². The molecule has 4 nitrogen and oxygen atoms in total. The highest BCUT2D eigenvalue weighted by Crippen LogP contribution is 2.47. The fourth-order valence-electron chi connectivity index (χ4n) is 2.86. The normalized spacial score (nSPS) is 14.9. The lowest BCUT2D eigenvalue weighted by Crippen LogP contribution is -2.35. The van der Waals surface area contributed by atoms with E-state index < -0.39 is 5.41 Å². The molecule has 0 spiro atoms. The lowest BCUT2D eigenvalue weighted by atomic mass is 10.0. The van der Waals surface area contributed by atoms with Gasteiger partial charge in [0, 0.05) is 11.4 Å². The fourth-order valence-corrected chi connectivity index (χ4v) is 2.86. The first-order valence-corrected chi connectivity index (χ1v) is 8.70. The number of benzene rings is 2. The SMILES string of the molecule is Cc1cccc(NC(=O)C2(C(=O)Nc3ccc(C(C)C)cc3)CC2)c1. The van der Waals surface area contributed by atoms with Crippen LogP contribution in [0.15, 0.2) is 48.5 Å². The summed E-state index contributed by atoms with van der Waals surface area (Å²) < 4.78 is 0. The molecule has 0 heterocycles. The first kappa shape index (κ1) is 17.2. The zero-order valence-corrected chi connectivity index (χ0v) is 14.9. The molecule has 0 bridgehead atoms. The van der Waals surface area contributed by atoms with Gasteiger partial charge in [-0.1, -0.05) is 38.1 Å². The second-order valence-electron chi connectivity index (χ2n) is 7.14. The van der Waals surface area contributed by atoms with Gasteiger partial charge in [-0.2, -0.15) is 0 Å². The van der Waals surface area contributed by atoms with Gasteiger partial charge in [0.1, 0.15) is 5.41 Å². The van der Waals surface area contributed by atoms with Crippen LogP contribution in [0.2, 0.25) is 0 Å². The Kier molecular flexibility index (Phi) is 4.62. The molecule has 2 aromatic rings. The summed E-state index contributed by atoms with van der Waals surface area (Å²) >= 11 is 0. The maximum atomic E-state index is 12.6. The van der Waals surface area contributed by atoms with E-state index in [-0.39, 0.29) is 11.8 Å². The van der Waals surface area contributed by atoms with Crippen LogP contribution in [-0.2, 0) is 9.59 Å². The maximum Gasteiger partial charge on any atom is 0.240 e. The zero-order chi connectivity index (χ0) is 18.0. The Balaban J connectivity index is 1.67. The number of hydrogen-bond acceptors (Lipinski definition) is 2. The van der Waals surface area contributed by atoms with Crippen LogP contribution in [0.4, 0.5) is 11.4 Å². The average molecular weight is 336 g/mol. The van der Waals surface area contributed by atoms with Gasteiger partial charge in [0.25, 0.3) is 0 Å². The predicted octanol–water partition coefficient (Wildman–Crippen LogP) is 4.48. The van der Waals surface area contributed by atoms with Gasteiger partial charge in [0.15, 0.2) is 0 Å². The van der Waals surface area contributed by atoms with Gasteiger partial charge < -0.3 is 10.6 Å². The third kappa shape index (κ3) is 3.73. The van der Waals surface area contributed by atoms with E-state index in [1.54, 1.807) is 0 Å². The van der Waals surface area contributed by atoms with Crippen LogP contribution in [0.1, 0.15) is 43.7 Å². The van der Waals surface area contributed by atoms with Crippen LogP contribution < -0.4 is 10.6 Å². The fraction of sp³-hybridized carbons (Fsp3) is 0.333. The standard InChI is InChI=1S/C21H24N2O2/c1-14(2)16-7-9-17(10-8-16)22-19(24)21(11-12-21)20(25)23-18-6-4-5-15(3)13-18/h4-10,13-14H,11-12H2,1-3H3,(H,22,24)(H,23,25). The van der Waals surface area contributed by atoms with E-state index >= 15 is 0 Å². The summed E-state index contributed by atoms with van der Waals surface area (Å²) in [7, 11) is 0. The van der Waals surface area contributed by atoms with E-state index in [0.717, 1.165) is 16.9 Å². The lowest BCUT2D eigenvalue weighted by molar-refractivity contribution is -0.131. The number of nitrogens with one attached hydrogen (secondary N) is 2. The molecule has 2 amide bonds. The summed E-state index contributed by atoms with van der Waals surface area (Å²) in [5.74, 6) is -0.0102. The van der Waals surface area contributed by atoms with Crippen LogP contribution in [0, 0.1) is 12.3 Å². The number of anilines is 2. The summed E-state index contributed by atoms with van der Waals surface area (Å²) in [4.78, 5) is 25.3. The van der Waals surface area contributed by atoms with Crippen molar-refractivity contribution in [1.29, 1.82) is 0 Å². The lowest BCUT2D eigenvalue weighted by Gasteiger charge is -2.16. The van der Waals surface area contributed by atoms with Gasteiger partial charge in [0.2, 0.25) is 11.8 Å². The molecule has 1 aliphatic rings. The van der Waals surface area contributed by atoms with Crippen LogP contribution in [0.3, 0.4) is 0 Å². The van der Waals surface area contributed by atoms with E-state index in [1.165, 1.54) is 5.56 Å². The Morgan fingerprint density at radius 3 is 2.04 bits per heavy atom. The summed E-state index contributed by atoms with van der Waals surface area (Å²) in [5, 5.41) is 5.77. The van der Waals surface area contributed by atoms with Gasteiger partial charge >= 0.3 is 0 Å². The molecular formula is C21H24N2O2. The summed E-state index contributed by atoms with van der Waals surface area (Å²) in [6, 6.07) is 15.4. The topological polar surface area (TPSA) is 58.2 Å². The summed E-state index contributed by atoms with van der Waals surface area (Å²) in [6.07, 6.45) is 1.17. The second kappa shape index (κ2) is 6.71. The first-order valence-electron chi connectivity index (χ1n) is 8.70.